The van der Waals surface area contributed by atoms with Gasteiger partial charge in [-0.05, 0) is 48.0 Å². The first-order chi connectivity index (χ1) is 13.4. The number of ketones is 1. The number of hydrogen-bond acceptors (Lipinski definition) is 5. The second kappa shape index (κ2) is 8.08. The molecule has 7 heteroatoms. The highest BCUT2D eigenvalue weighted by molar-refractivity contribution is 7.92. The Morgan fingerprint density at radius 1 is 0.857 bits per heavy atom. The summed E-state index contributed by atoms with van der Waals surface area (Å²) in [6.45, 7) is 0. The fraction of sp³-hybridized carbons (Fsp3) is 0. The lowest BCUT2D eigenvalue weighted by atomic mass is 10.1. The summed E-state index contributed by atoms with van der Waals surface area (Å²) in [6.07, 6.45) is 2.81. The van der Waals surface area contributed by atoms with Crippen molar-refractivity contribution in [2.45, 2.75) is 4.90 Å². The van der Waals surface area contributed by atoms with Gasteiger partial charge in [0.1, 0.15) is 5.75 Å². The maximum Gasteiger partial charge on any atom is 0.286 e. The quantitative estimate of drug-likeness (QED) is 0.375. The van der Waals surface area contributed by atoms with Crippen molar-refractivity contribution < 1.29 is 23.5 Å². The van der Waals surface area contributed by atoms with E-state index in [0.29, 0.717) is 5.56 Å². The summed E-state index contributed by atoms with van der Waals surface area (Å²) < 4.78 is 25.4. The number of para-hydroxylation sites is 1. The van der Waals surface area contributed by atoms with Gasteiger partial charge in [0.2, 0.25) is 0 Å². The van der Waals surface area contributed by atoms with Gasteiger partial charge in [-0.1, -0.05) is 48.5 Å². The molecule has 0 atom stereocenters. The van der Waals surface area contributed by atoms with E-state index in [1.807, 2.05) is 0 Å². The highest BCUT2D eigenvalue weighted by Crippen LogP contribution is 2.26. The first-order valence-corrected chi connectivity index (χ1v) is 9.73. The number of benzene rings is 3. The summed E-state index contributed by atoms with van der Waals surface area (Å²) in [7, 11) is -4.24. The van der Waals surface area contributed by atoms with E-state index < -0.39 is 15.8 Å². The monoisotopic (exact) mass is 395 g/mol. The fourth-order valence-electron chi connectivity index (χ4n) is 2.52. The number of aromatic hydroxyl groups is 1. The van der Waals surface area contributed by atoms with E-state index in [9.17, 15) is 23.5 Å². The first-order valence-electron chi connectivity index (χ1n) is 8.29. The standard InChI is InChI=1S/C21H17NO5S/c23-17-13-10-16(11-14-17)12-15-21(24)19-8-4-5-9-20(19)22(25)28(26,27)18-6-2-1-3-7-18/h1-15,23,25H. The molecule has 0 saturated carbocycles. The summed E-state index contributed by atoms with van der Waals surface area (Å²) >= 11 is 0. The molecule has 0 aromatic heterocycles. The van der Waals surface area contributed by atoms with Crippen LogP contribution in [0.3, 0.4) is 0 Å². The summed E-state index contributed by atoms with van der Waals surface area (Å²) in [5.41, 5.74) is 0.563. The van der Waals surface area contributed by atoms with Crippen LogP contribution in [0.25, 0.3) is 6.08 Å². The van der Waals surface area contributed by atoms with Gasteiger partial charge in [0.15, 0.2) is 5.78 Å². The third kappa shape index (κ3) is 4.11. The third-order valence-electron chi connectivity index (χ3n) is 3.96. The van der Waals surface area contributed by atoms with Crippen LogP contribution in [-0.4, -0.2) is 24.5 Å². The zero-order valence-electron chi connectivity index (χ0n) is 14.6. The average molecular weight is 395 g/mol. The van der Waals surface area contributed by atoms with Crippen molar-refractivity contribution in [3.05, 3.63) is 96.1 Å². The lowest BCUT2D eigenvalue weighted by molar-refractivity contribution is 0.104. The molecule has 6 nitrogen and oxygen atoms in total. The first kappa shape index (κ1) is 19.3. The molecule has 3 aromatic carbocycles. The molecule has 0 amide bonds. The SMILES string of the molecule is O=C(C=Cc1ccc(O)cc1)c1ccccc1N(O)S(=O)(=O)c1ccccc1. The molecule has 0 bridgehead atoms. The molecule has 0 saturated heterocycles. The van der Waals surface area contributed by atoms with E-state index in [2.05, 4.69) is 0 Å². The van der Waals surface area contributed by atoms with Crippen LogP contribution in [-0.2, 0) is 10.0 Å². The summed E-state index contributed by atoms with van der Waals surface area (Å²) in [5, 5.41) is 19.7. The summed E-state index contributed by atoms with van der Waals surface area (Å²) in [4.78, 5) is 12.5. The number of phenolic OH excluding ortho intramolecular Hbond substituents is 1. The molecule has 0 aliphatic heterocycles. The molecule has 142 valence electrons. The molecular weight excluding hydrogens is 378 g/mol. The van der Waals surface area contributed by atoms with Gasteiger partial charge in [0.05, 0.1) is 10.6 Å². The van der Waals surface area contributed by atoms with Gasteiger partial charge >= 0.3 is 0 Å². The number of allylic oxidation sites excluding steroid dienone is 1. The van der Waals surface area contributed by atoms with Crippen LogP contribution >= 0.6 is 0 Å². The molecule has 0 aliphatic rings. The number of rotatable bonds is 6. The topological polar surface area (TPSA) is 94.9 Å². The van der Waals surface area contributed by atoms with Crippen molar-refractivity contribution in [1.82, 2.24) is 0 Å². The highest BCUT2D eigenvalue weighted by atomic mass is 32.2. The number of sulfonamides is 1. The molecule has 2 N–H and O–H groups in total. The molecule has 0 aliphatic carbocycles. The normalized spacial score (nSPS) is 11.5. The molecule has 0 unspecified atom stereocenters. The minimum Gasteiger partial charge on any atom is -0.508 e. The Hall–Kier alpha value is -3.42. The third-order valence-corrected chi connectivity index (χ3v) is 5.48. The van der Waals surface area contributed by atoms with Crippen LogP contribution in [0, 0.1) is 0 Å². The van der Waals surface area contributed by atoms with Crippen molar-refractivity contribution in [3.8, 4) is 5.75 Å². The molecule has 0 heterocycles. The minimum absolute atomic E-state index is 0.0273. The van der Waals surface area contributed by atoms with Crippen molar-refractivity contribution in [1.29, 1.82) is 0 Å². The molecule has 0 spiro atoms. The molecule has 0 fully saturated rings. The maximum atomic E-state index is 12.6. The lowest BCUT2D eigenvalue weighted by Gasteiger charge is -2.19. The average Bonchev–Trinajstić information content (AvgIpc) is 2.73. The number of hydrogen-bond donors (Lipinski definition) is 2. The second-order valence-electron chi connectivity index (χ2n) is 5.87. The predicted octanol–water partition coefficient (Wildman–Crippen LogP) is 3.87. The summed E-state index contributed by atoms with van der Waals surface area (Å²) in [5.74, 6) is -0.373. The van der Waals surface area contributed by atoms with Crippen molar-refractivity contribution in [2.24, 2.45) is 0 Å². The zero-order chi connectivity index (χ0) is 20.1. The van der Waals surface area contributed by atoms with E-state index in [1.165, 1.54) is 66.7 Å². The largest absolute Gasteiger partial charge is 0.508 e. The van der Waals surface area contributed by atoms with Gasteiger partial charge in [0.25, 0.3) is 10.0 Å². The Balaban J connectivity index is 1.92. The van der Waals surface area contributed by atoms with E-state index >= 15 is 0 Å². The maximum absolute atomic E-state index is 12.6. The smallest absolute Gasteiger partial charge is 0.286 e. The van der Waals surface area contributed by atoms with Crippen LogP contribution in [0.4, 0.5) is 5.69 Å². The van der Waals surface area contributed by atoms with Gasteiger partial charge in [-0.2, -0.15) is 8.42 Å². The van der Waals surface area contributed by atoms with Gasteiger partial charge in [-0.3, -0.25) is 10.0 Å². The van der Waals surface area contributed by atoms with Crippen LogP contribution in [0.2, 0.25) is 0 Å². The number of nitrogens with zero attached hydrogens (tertiary/aromatic N) is 1. The van der Waals surface area contributed by atoms with Gasteiger partial charge in [-0.15, -0.1) is 4.47 Å². The number of carbonyl (C=O) groups is 1. The van der Waals surface area contributed by atoms with Gasteiger partial charge in [0, 0.05) is 5.56 Å². The predicted molar refractivity (Wildman–Crippen MR) is 106 cm³/mol. The molecular formula is C21H17NO5S. The number of phenols is 1. The summed E-state index contributed by atoms with van der Waals surface area (Å²) in [6, 6.07) is 19.6. The van der Waals surface area contributed by atoms with Crippen molar-refractivity contribution >= 4 is 27.6 Å². The Bertz CT molecular complexity index is 1110. The van der Waals surface area contributed by atoms with E-state index in [1.54, 1.807) is 24.3 Å². The minimum atomic E-state index is -4.24. The van der Waals surface area contributed by atoms with E-state index in [-0.39, 0.29) is 26.4 Å². The van der Waals surface area contributed by atoms with Crippen LogP contribution in [0.5, 0.6) is 5.75 Å². The highest BCUT2D eigenvalue weighted by Gasteiger charge is 2.26. The molecule has 28 heavy (non-hydrogen) atoms. The second-order valence-corrected chi connectivity index (χ2v) is 7.63. The van der Waals surface area contributed by atoms with Crippen LogP contribution < -0.4 is 4.47 Å². The fourth-order valence-corrected chi connectivity index (χ4v) is 3.64. The Labute approximate surface area is 162 Å². The van der Waals surface area contributed by atoms with Gasteiger partial charge < -0.3 is 5.11 Å². The van der Waals surface area contributed by atoms with Crippen LogP contribution in [0.15, 0.2) is 89.8 Å². The molecule has 3 aromatic rings. The van der Waals surface area contributed by atoms with E-state index in [4.69, 9.17) is 0 Å². The Kier molecular flexibility index (Phi) is 5.58. The van der Waals surface area contributed by atoms with Crippen LogP contribution in [0.1, 0.15) is 15.9 Å². The molecule has 0 radical (unpaired) electrons. The zero-order valence-corrected chi connectivity index (χ0v) is 15.5. The number of carbonyl (C=O) groups excluding carboxylic acids is 1. The van der Waals surface area contributed by atoms with Crippen molar-refractivity contribution in [2.75, 3.05) is 4.47 Å². The van der Waals surface area contributed by atoms with E-state index in [0.717, 1.165) is 0 Å². The van der Waals surface area contributed by atoms with Crippen molar-refractivity contribution in [3.63, 3.8) is 0 Å². The molecule has 3 rings (SSSR count). The lowest BCUT2D eigenvalue weighted by Crippen LogP contribution is -2.28. The van der Waals surface area contributed by atoms with Gasteiger partial charge in [-0.25, -0.2) is 0 Å². The Morgan fingerprint density at radius 2 is 1.46 bits per heavy atom. The number of anilines is 1. The Morgan fingerprint density at radius 3 is 2.14 bits per heavy atom.